The first-order valence-corrected chi connectivity index (χ1v) is 6.74. The molecule has 0 aliphatic carbocycles. The van der Waals surface area contributed by atoms with Crippen molar-refractivity contribution in [2.45, 2.75) is 13.0 Å². The molecule has 1 aromatic heterocycles. The van der Waals surface area contributed by atoms with E-state index in [1.54, 1.807) is 18.9 Å². The highest BCUT2D eigenvalue weighted by molar-refractivity contribution is 7.13. The van der Waals surface area contributed by atoms with Gasteiger partial charge in [-0.3, -0.25) is 4.79 Å². The zero-order chi connectivity index (χ0) is 13.6. The van der Waals surface area contributed by atoms with Crippen LogP contribution in [0.25, 0.3) is 11.3 Å². The van der Waals surface area contributed by atoms with E-state index in [4.69, 9.17) is 10.5 Å². The highest BCUT2D eigenvalue weighted by Crippen LogP contribution is 2.37. The van der Waals surface area contributed by atoms with Crippen LogP contribution < -0.4 is 15.4 Å². The van der Waals surface area contributed by atoms with E-state index >= 15 is 0 Å². The molecule has 0 saturated carbocycles. The molecule has 0 saturated heterocycles. The number of fused-ring (bicyclic) bond motifs is 1. The maximum absolute atomic E-state index is 11.8. The monoisotopic (exact) mass is 275 g/mol. The van der Waals surface area contributed by atoms with E-state index in [9.17, 15) is 4.79 Å². The van der Waals surface area contributed by atoms with Gasteiger partial charge in [0.15, 0.2) is 11.2 Å². The highest BCUT2D eigenvalue weighted by atomic mass is 32.1. The van der Waals surface area contributed by atoms with Gasteiger partial charge in [0.1, 0.15) is 5.75 Å². The maximum Gasteiger partial charge on any atom is 0.267 e. The number of amides is 1. The van der Waals surface area contributed by atoms with Crippen molar-refractivity contribution in [2.24, 2.45) is 0 Å². The quantitative estimate of drug-likeness (QED) is 0.865. The summed E-state index contributed by atoms with van der Waals surface area (Å²) in [4.78, 5) is 17.7. The van der Waals surface area contributed by atoms with Crippen molar-refractivity contribution in [3.8, 4) is 17.0 Å². The summed E-state index contributed by atoms with van der Waals surface area (Å²) >= 11 is 1.40. The third kappa shape index (κ3) is 1.94. The lowest BCUT2D eigenvalue weighted by Gasteiger charge is -2.30. The highest BCUT2D eigenvalue weighted by Gasteiger charge is 2.29. The van der Waals surface area contributed by atoms with Crippen molar-refractivity contribution in [1.82, 2.24) is 4.98 Å². The van der Waals surface area contributed by atoms with E-state index in [1.165, 1.54) is 11.3 Å². The van der Waals surface area contributed by atoms with Crippen LogP contribution in [0.2, 0.25) is 0 Å². The average molecular weight is 275 g/mol. The molecule has 5 nitrogen and oxygen atoms in total. The fraction of sp³-hybridized carbons (Fsp3) is 0.231. The van der Waals surface area contributed by atoms with Crippen LogP contribution in [0.5, 0.6) is 5.75 Å². The molecule has 0 radical (unpaired) electrons. The molecule has 1 aromatic carbocycles. The minimum atomic E-state index is -0.465. The molecule has 19 heavy (non-hydrogen) atoms. The molecular weight excluding hydrogens is 262 g/mol. The number of carbonyl (C=O) groups is 1. The fourth-order valence-corrected chi connectivity index (χ4v) is 2.67. The van der Waals surface area contributed by atoms with Crippen LogP contribution in [0.4, 0.5) is 10.8 Å². The number of rotatable bonds is 1. The smallest absolute Gasteiger partial charge is 0.267 e. The number of ether oxygens (including phenoxy) is 1. The van der Waals surface area contributed by atoms with E-state index < -0.39 is 6.10 Å². The summed E-state index contributed by atoms with van der Waals surface area (Å²) in [6.45, 7) is 1.75. The van der Waals surface area contributed by atoms with E-state index in [-0.39, 0.29) is 5.91 Å². The Balaban J connectivity index is 2.05. The molecule has 0 spiro atoms. The number of anilines is 2. The summed E-state index contributed by atoms with van der Waals surface area (Å²) in [5.41, 5.74) is 8.17. The normalized spacial score (nSPS) is 18.1. The minimum absolute atomic E-state index is 0.0434. The van der Waals surface area contributed by atoms with E-state index in [0.29, 0.717) is 10.9 Å². The molecule has 2 N–H and O–H groups in total. The van der Waals surface area contributed by atoms with Crippen LogP contribution >= 0.6 is 11.3 Å². The molecular formula is C13H13N3O2S. The van der Waals surface area contributed by atoms with Crippen molar-refractivity contribution in [3.63, 3.8) is 0 Å². The number of carbonyl (C=O) groups excluding carboxylic acids is 1. The van der Waals surface area contributed by atoms with Gasteiger partial charge in [0.05, 0.1) is 11.4 Å². The molecule has 0 fully saturated rings. The number of nitrogens with zero attached hydrogens (tertiary/aromatic N) is 2. The Morgan fingerprint density at radius 3 is 2.95 bits per heavy atom. The summed E-state index contributed by atoms with van der Waals surface area (Å²) < 4.78 is 5.64. The second-order valence-corrected chi connectivity index (χ2v) is 5.30. The lowest BCUT2D eigenvalue weighted by Crippen LogP contribution is -2.41. The van der Waals surface area contributed by atoms with E-state index in [1.807, 2.05) is 23.6 Å². The molecule has 3 rings (SSSR count). The Labute approximate surface area is 114 Å². The zero-order valence-electron chi connectivity index (χ0n) is 10.6. The number of nitrogen functional groups attached to an aromatic ring is 1. The zero-order valence-corrected chi connectivity index (χ0v) is 11.4. The number of likely N-dealkylation sites (N-methyl/N-ethyl adjacent to an activating group) is 1. The summed E-state index contributed by atoms with van der Waals surface area (Å²) in [5, 5.41) is 2.44. The predicted octanol–water partition coefficient (Wildman–Crippen LogP) is 2.14. The van der Waals surface area contributed by atoms with Crippen LogP contribution in [0.3, 0.4) is 0 Å². The third-order valence-corrected chi connectivity index (χ3v) is 3.79. The van der Waals surface area contributed by atoms with Gasteiger partial charge in [-0.1, -0.05) is 6.07 Å². The van der Waals surface area contributed by atoms with Crippen molar-refractivity contribution in [3.05, 3.63) is 23.6 Å². The third-order valence-electron chi connectivity index (χ3n) is 3.12. The van der Waals surface area contributed by atoms with Gasteiger partial charge in [0.2, 0.25) is 0 Å². The first-order chi connectivity index (χ1) is 9.06. The van der Waals surface area contributed by atoms with Gasteiger partial charge in [-0.25, -0.2) is 4.98 Å². The summed E-state index contributed by atoms with van der Waals surface area (Å²) in [6, 6.07) is 5.67. The minimum Gasteiger partial charge on any atom is -0.479 e. The van der Waals surface area contributed by atoms with Crippen molar-refractivity contribution < 1.29 is 9.53 Å². The van der Waals surface area contributed by atoms with E-state index in [2.05, 4.69) is 4.98 Å². The van der Waals surface area contributed by atoms with Gasteiger partial charge in [0.25, 0.3) is 5.91 Å². The van der Waals surface area contributed by atoms with Crippen LogP contribution in [-0.4, -0.2) is 24.0 Å². The first-order valence-electron chi connectivity index (χ1n) is 5.86. The lowest BCUT2D eigenvalue weighted by atomic mass is 10.1. The predicted molar refractivity (Wildman–Crippen MR) is 75.5 cm³/mol. The molecule has 1 aliphatic heterocycles. The number of hydrogen-bond donors (Lipinski definition) is 1. The molecule has 6 heteroatoms. The molecule has 1 amide bonds. The van der Waals surface area contributed by atoms with Crippen molar-refractivity contribution in [1.29, 1.82) is 0 Å². The molecule has 2 heterocycles. The second kappa shape index (κ2) is 4.24. The summed E-state index contributed by atoms with van der Waals surface area (Å²) in [6.07, 6.45) is -0.465. The van der Waals surface area contributed by atoms with Crippen molar-refractivity contribution >= 4 is 28.1 Å². The Hall–Kier alpha value is -2.08. The Morgan fingerprint density at radius 1 is 1.47 bits per heavy atom. The van der Waals surface area contributed by atoms with Crippen LogP contribution in [0.15, 0.2) is 23.6 Å². The Bertz CT molecular complexity index is 653. The Kier molecular flexibility index (Phi) is 2.67. The van der Waals surface area contributed by atoms with Crippen molar-refractivity contribution in [2.75, 3.05) is 17.7 Å². The standard InChI is InChI=1S/C13H13N3O2S/c1-7-12(17)16(2)10-4-3-8(5-11(10)18-7)9-6-19-13(14)15-9/h3-7H,1-2H3,(H2,14,15). The largest absolute Gasteiger partial charge is 0.479 e. The van der Waals surface area contributed by atoms with Crippen LogP contribution in [0.1, 0.15) is 6.92 Å². The van der Waals surface area contributed by atoms with E-state index in [0.717, 1.165) is 16.9 Å². The average Bonchev–Trinajstić information content (AvgIpc) is 2.82. The summed E-state index contributed by atoms with van der Waals surface area (Å²) in [5.74, 6) is 0.650. The SMILES string of the molecule is CC1Oc2cc(-c3csc(N)n3)ccc2N(C)C1=O. The molecule has 2 aromatic rings. The number of hydrogen-bond acceptors (Lipinski definition) is 5. The number of thiazole rings is 1. The number of benzene rings is 1. The molecule has 1 atom stereocenters. The Morgan fingerprint density at radius 2 is 2.26 bits per heavy atom. The van der Waals surface area contributed by atoms with Crippen LogP contribution in [0, 0.1) is 0 Å². The topological polar surface area (TPSA) is 68.5 Å². The van der Waals surface area contributed by atoms with Gasteiger partial charge in [-0.05, 0) is 19.1 Å². The second-order valence-electron chi connectivity index (χ2n) is 4.41. The van der Waals surface area contributed by atoms with Gasteiger partial charge < -0.3 is 15.4 Å². The van der Waals surface area contributed by atoms with Crippen LogP contribution in [-0.2, 0) is 4.79 Å². The van der Waals surface area contributed by atoms with Gasteiger partial charge in [0, 0.05) is 18.0 Å². The van der Waals surface area contributed by atoms with Gasteiger partial charge >= 0.3 is 0 Å². The lowest BCUT2D eigenvalue weighted by molar-refractivity contribution is -0.125. The molecule has 0 bridgehead atoms. The van der Waals surface area contributed by atoms with Gasteiger partial charge in [-0.15, -0.1) is 11.3 Å². The molecule has 1 unspecified atom stereocenters. The molecule has 98 valence electrons. The van der Waals surface area contributed by atoms with Gasteiger partial charge in [-0.2, -0.15) is 0 Å². The molecule has 1 aliphatic rings. The summed E-state index contributed by atoms with van der Waals surface area (Å²) in [7, 11) is 1.75. The number of aromatic nitrogens is 1. The maximum atomic E-state index is 11.8. The fourth-order valence-electron chi connectivity index (χ4n) is 2.10. The first kappa shape index (κ1) is 12.0. The number of nitrogens with two attached hydrogens (primary N) is 1.